The first kappa shape index (κ1) is 13.9. The van der Waals surface area contributed by atoms with E-state index < -0.39 is 29.0 Å². The lowest BCUT2D eigenvalue weighted by Crippen LogP contribution is -2.07. The van der Waals surface area contributed by atoms with Crippen LogP contribution >= 0.6 is 22.9 Å². The van der Waals surface area contributed by atoms with E-state index in [0.717, 1.165) is 23.5 Å². The highest BCUT2D eigenvalue weighted by molar-refractivity contribution is 7.15. The first-order valence-corrected chi connectivity index (χ1v) is 6.37. The molecule has 0 aliphatic rings. The minimum atomic E-state index is -0.927. The SMILES string of the molecule is Nc1scc(-c2cc(F)c(Cl)c(F)c2)c1C(=O)CO. The highest BCUT2D eigenvalue weighted by Gasteiger charge is 2.20. The summed E-state index contributed by atoms with van der Waals surface area (Å²) >= 11 is 6.45. The van der Waals surface area contributed by atoms with Crippen LogP contribution in [0.15, 0.2) is 17.5 Å². The van der Waals surface area contributed by atoms with E-state index in [0.29, 0.717) is 0 Å². The first-order valence-electron chi connectivity index (χ1n) is 5.11. The van der Waals surface area contributed by atoms with Gasteiger partial charge in [-0.2, -0.15) is 0 Å². The number of aliphatic hydroxyl groups is 1. The summed E-state index contributed by atoms with van der Waals surface area (Å²) in [5, 5.41) is 9.96. The van der Waals surface area contributed by atoms with Crippen LogP contribution in [0.1, 0.15) is 10.4 Å². The van der Waals surface area contributed by atoms with E-state index in [1.807, 2.05) is 0 Å². The Morgan fingerprint density at radius 2 is 1.95 bits per heavy atom. The van der Waals surface area contributed by atoms with Crippen molar-refractivity contribution in [1.82, 2.24) is 0 Å². The summed E-state index contributed by atoms with van der Waals surface area (Å²) in [4.78, 5) is 11.6. The molecule has 1 heterocycles. The van der Waals surface area contributed by atoms with Gasteiger partial charge in [-0.3, -0.25) is 4.79 Å². The van der Waals surface area contributed by atoms with E-state index in [4.69, 9.17) is 22.4 Å². The lowest BCUT2D eigenvalue weighted by atomic mass is 10.0. The molecule has 0 amide bonds. The van der Waals surface area contributed by atoms with Crippen molar-refractivity contribution in [2.75, 3.05) is 12.3 Å². The molecule has 1 aromatic heterocycles. The third-order valence-electron chi connectivity index (χ3n) is 2.54. The number of benzene rings is 1. The predicted molar refractivity (Wildman–Crippen MR) is 70.5 cm³/mol. The number of Topliss-reactive ketones (excluding diaryl/α,β-unsaturated/α-hetero) is 1. The molecule has 2 rings (SSSR count). The molecule has 1 aromatic carbocycles. The second-order valence-corrected chi connectivity index (χ2v) is 5.01. The number of rotatable bonds is 3. The van der Waals surface area contributed by atoms with Gasteiger partial charge in [-0.05, 0) is 17.7 Å². The zero-order valence-electron chi connectivity index (χ0n) is 9.41. The summed E-state index contributed by atoms with van der Waals surface area (Å²) in [6.45, 7) is -0.730. The molecule has 19 heavy (non-hydrogen) atoms. The van der Waals surface area contributed by atoms with Crippen molar-refractivity contribution in [2.24, 2.45) is 0 Å². The van der Waals surface area contributed by atoms with Crippen LogP contribution in [0.25, 0.3) is 11.1 Å². The summed E-state index contributed by atoms with van der Waals surface area (Å²) in [7, 11) is 0. The second-order valence-electron chi connectivity index (χ2n) is 3.72. The highest BCUT2D eigenvalue weighted by Crippen LogP contribution is 2.36. The molecule has 0 fully saturated rings. The molecule has 7 heteroatoms. The van der Waals surface area contributed by atoms with E-state index in [1.54, 1.807) is 0 Å². The average molecular weight is 304 g/mol. The average Bonchev–Trinajstić information content (AvgIpc) is 2.76. The highest BCUT2D eigenvalue weighted by atomic mass is 35.5. The van der Waals surface area contributed by atoms with Gasteiger partial charge < -0.3 is 10.8 Å². The molecule has 0 unspecified atom stereocenters. The maximum atomic E-state index is 13.4. The molecule has 0 radical (unpaired) electrons. The largest absolute Gasteiger partial charge is 0.390 e. The number of thiophene rings is 1. The minimum absolute atomic E-state index is 0.0635. The number of carbonyl (C=O) groups excluding carboxylic acids is 1. The number of halogens is 3. The van der Waals surface area contributed by atoms with Crippen LogP contribution in [0.2, 0.25) is 5.02 Å². The molecule has 0 aliphatic heterocycles. The monoisotopic (exact) mass is 303 g/mol. The van der Waals surface area contributed by atoms with Crippen LogP contribution in [-0.4, -0.2) is 17.5 Å². The zero-order chi connectivity index (χ0) is 14.2. The lowest BCUT2D eigenvalue weighted by molar-refractivity contribution is 0.0905. The Balaban J connectivity index is 2.63. The van der Waals surface area contributed by atoms with Gasteiger partial charge in [0, 0.05) is 10.9 Å². The van der Waals surface area contributed by atoms with Gasteiger partial charge in [-0.15, -0.1) is 11.3 Å². The van der Waals surface area contributed by atoms with Gasteiger partial charge in [0.2, 0.25) is 0 Å². The third-order valence-corrected chi connectivity index (χ3v) is 3.71. The molecule has 100 valence electrons. The van der Waals surface area contributed by atoms with Crippen molar-refractivity contribution in [3.63, 3.8) is 0 Å². The standard InChI is InChI=1S/C12H8ClF2NO2S/c13-11-7(14)1-5(2-8(11)15)6-4-19-12(16)10(6)9(18)3-17/h1-2,4,17H,3,16H2. The van der Waals surface area contributed by atoms with E-state index >= 15 is 0 Å². The van der Waals surface area contributed by atoms with Crippen LogP contribution in [0.5, 0.6) is 0 Å². The molecule has 0 atom stereocenters. The molecule has 0 spiro atoms. The van der Waals surface area contributed by atoms with Gasteiger partial charge in [0.05, 0.1) is 10.6 Å². The van der Waals surface area contributed by atoms with Gasteiger partial charge in [0.15, 0.2) is 5.78 Å². The fourth-order valence-corrected chi connectivity index (χ4v) is 2.61. The molecular weight excluding hydrogens is 296 g/mol. The predicted octanol–water partition coefficient (Wildman–Crippen LogP) is 3.10. The van der Waals surface area contributed by atoms with E-state index in [1.165, 1.54) is 5.38 Å². The molecule has 3 N–H and O–H groups in total. The normalized spacial score (nSPS) is 10.7. The topological polar surface area (TPSA) is 63.3 Å². The van der Waals surface area contributed by atoms with Crippen LogP contribution in [0.3, 0.4) is 0 Å². The van der Waals surface area contributed by atoms with Gasteiger partial charge in [0.25, 0.3) is 0 Å². The molecule has 0 saturated heterocycles. The van der Waals surface area contributed by atoms with Crippen molar-refractivity contribution in [3.05, 3.63) is 39.7 Å². The number of hydrogen-bond donors (Lipinski definition) is 2. The number of ketones is 1. The minimum Gasteiger partial charge on any atom is -0.390 e. The van der Waals surface area contributed by atoms with Crippen LogP contribution in [0, 0.1) is 11.6 Å². The quantitative estimate of drug-likeness (QED) is 0.676. The van der Waals surface area contributed by atoms with Crippen LogP contribution in [0.4, 0.5) is 13.8 Å². The van der Waals surface area contributed by atoms with Gasteiger partial charge in [-0.1, -0.05) is 11.6 Å². The zero-order valence-corrected chi connectivity index (χ0v) is 11.0. The maximum absolute atomic E-state index is 13.4. The third kappa shape index (κ3) is 2.47. The van der Waals surface area contributed by atoms with Crippen molar-refractivity contribution >= 4 is 33.7 Å². The van der Waals surface area contributed by atoms with Crippen molar-refractivity contribution in [2.45, 2.75) is 0 Å². The fraction of sp³-hybridized carbons (Fsp3) is 0.0833. The summed E-state index contributed by atoms with van der Waals surface area (Å²) in [5.41, 5.74) is 6.11. The van der Waals surface area contributed by atoms with Crippen molar-refractivity contribution in [3.8, 4) is 11.1 Å². The Hall–Kier alpha value is -1.50. The van der Waals surface area contributed by atoms with Gasteiger partial charge in [-0.25, -0.2) is 8.78 Å². The summed E-state index contributed by atoms with van der Waals surface area (Å²) in [5.74, 6) is -2.46. The number of nitrogens with two attached hydrogens (primary N) is 1. The van der Waals surface area contributed by atoms with E-state index in [2.05, 4.69) is 0 Å². The number of anilines is 1. The fourth-order valence-electron chi connectivity index (χ4n) is 1.66. The van der Waals surface area contributed by atoms with E-state index in [-0.39, 0.29) is 21.7 Å². The van der Waals surface area contributed by atoms with Gasteiger partial charge in [0.1, 0.15) is 23.3 Å². The van der Waals surface area contributed by atoms with Gasteiger partial charge >= 0.3 is 0 Å². The molecule has 0 bridgehead atoms. The Morgan fingerprint density at radius 1 is 1.37 bits per heavy atom. The number of hydrogen-bond acceptors (Lipinski definition) is 4. The smallest absolute Gasteiger partial charge is 0.191 e. The molecule has 2 aromatic rings. The first-order chi connectivity index (χ1) is 8.95. The number of aliphatic hydroxyl groups excluding tert-OH is 1. The summed E-state index contributed by atoms with van der Waals surface area (Å²) in [6.07, 6.45) is 0. The second kappa shape index (κ2) is 5.24. The summed E-state index contributed by atoms with van der Waals surface area (Å²) in [6, 6.07) is 2.03. The Bertz CT molecular complexity index is 634. The van der Waals surface area contributed by atoms with Crippen LogP contribution in [-0.2, 0) is 0 Å². The Kier molecular flexibility index (Phi) is 3.84. The van der Waals surface area contributed by atoms with E-state index in [9.17, 15) is 13.6 Å². The van der Waals surface area contributed by atoms with Crippen molar-refractivity contribution < 1.29 is 18.7 Å². The number of carbonyl (C=O) groups is 1. The number of nitrogen functional groups attached to an aromatic ring is 1. The Labute approximate surface area is 116 Å². The van der Waals surface area contributed by atoms with Crippen molar-refractivity contribution in [1.29, 1.82) is 0 Å². The Morgan fingerprint density at radius 3 is 2.47 bits per heavy atom. The summed E-state index contributed by atoms with van der Waals surface area (Å²) < 4.78 is 26.8. The molecule has 0 saturated carbocycles. The molecule has 3 nitrogen and oxygen atoms in total. The molecular formula is C12H8ClF2NO2S. The van der Waals surface area contributed by atoms with Crippen LogP contribution < -0.4 is 5.73 Å². The lowest BCUT2D eigenvalue weighted by Gasteiger charge is -2.05. The maximum Gasteiger partial charge on any atom is 0.191 e. The molecule has 0 aliphatic carbocycles.